The molecule has 4 nitrogen and oxygen atoms in total. The van der Waals surface area contributed by atoms with E-state index in [1.165, 1.54) is 25.7 Å². The highest BCUT2D eigenvalue weighted by Crippen LogP contribution is 2.51. The summed E-state index contributed by atoms with van der Waals surface area (Å²) >= 11 is 0. The molecule has 4 atom stereocenters. The normalized spacial score (nSPS) is 32.8. The maximum atomic E-state index is 12.7. The van der Waals surface area contributed by atoms with E-state index in [9.17, 15) is 10.1 Å². The summed E-state index contributed by atoms with van der Waals surface area (Å²) in [6.07, 6.45) is 6.51. The Bertz CT molecular complexity index is 640. The van der Waals surface area contributed by atoms with Crippen molar-refractivity contribution in [3.8, 4) is 6.07 Å². The number of nitrogens with zero attached hydrogens (tertiary/aromatic N) is 1. The van der Waals surface area contributed by atoms with Crippen LogP contribution in [-0.4, -0.2) is 24.7 Å². The quantitative estimate of drug-likeness (QED) is 0.933. The molecule has 0 spiro atoms. The Hall–Kier alpha value is -1.86. The Morgan fingerprint density at radius 2 is 2.00 bits per heavy atom. The first kappa shape index (κ1) is 14.7. The largest absolute Gasteiger partial charge is 0.377 e. The van der Waals surface area contributed by atoms with E-state index in [2.05, 4.69) is 11.4 Å². The number of benzene rings is 1. The van der Waals surface area contributed by atoms with Crippen LogP contribution in [0.4, 0.5) is 0 Å². The Labute approximate surface area is 136 Å². The van der Waals surface area contributed by atoms with Gasteiger partial charge < -0.3 is 10.1 Å². The molecule has 4 heteroatoms. The van der Waals surface area contributed by atoms with Crippen LogP contribution in [0.15, 0.2) is 24.3 Å². The van der Waals surface area contributed by atoms with Crippen molar-refractivity contribution in [3.63, 3.8) is 0 Å². The number of hydrogen-bond acceptors (Lipinski definition) is 3. The van der Waals surface area contributed by atoms with Crippen molar-refractivity contribution in [1.29, 1.82) is 5.26 Å². The third-order valence-electron chi connectivity index (χ3n) is 5.97. The SMILES string of the molecule is N#Cc1ccccc1C(=O)N[C@H]1[C@H]2CCO[C@H]2[C@H]1C1CCCC1. The molecule has 0 unspecified atom stereocenters. The summed E-state index contributed by atoms with van der Waals surface area (Å²) < 4.78 is 5.94. The lowest BCUT2D eigenvalue weighted by Gasteiger charge is -2.50. The summed E-state index contributed by atoms with van der Waals surface area (Å²) in [5.41, 5.74) is 0.934. The molecule has 3 fully saturated rings. The van der Waals surface area contributed by atoms with Gasteiger partial charge in [-0.3, -0.25) is 4.79 Å². The van der Waals surface area contributed by atoms with Crippen LogP contribution in [0.3, 0.4) is 0 Å². The van der Waals surface area contributed by atoms with E-state index < -0.39 is 0 Å². The molecule has 0 radical (unpaired) electrons. The third kappa shape index (κ3) is 2.44. The molecule has 1 amide bonds. The molecule has 23 heavy (non-hydrogen) atoms. The molecule has 1 heterocycles. The molecule has 1 N–H and O–H groups in total. The van der Waals surface area contributed by atoms with Gasteiger partial charge in [-0.05, 0) is 24.5 Å². The minimum Gasteiger partial charge on any atom is -0.377 e. The molecule has 1 saturated heterocycles. The van der Waals surface area contributed by atoms with Crippen LogP contribution in [0, 0.1) is 29.1 Å². The zero-order chi connectivity index (χ0) is 15.8. The van der Waals surface area contributed by atoms with Gasteiger partial charge in [0, 0.05) is 24.5 Å². The van der Waals surface area contributed by atoms with Gasteiger partial charge in [-0.2, -0.15) is 5.26 Å². The van der Waals surface area contributed by atoms with Crippen LogP contribution >= 0.6 is 0 Å². The monoisotopic (exact) mass is 310 g/mol. The first-order valence-electron chi connectivity index (χ1n) is 8.71. The number of amides is 1. The average molecular weight is 310 g/mol. The highest BCUT2D eigenvalue weighted by Gasteiger charge is 2.57. The fraction of sp³-hybridized carbons (Fsp3) is 0.579. The molecule has 2 aliphatic carbocycles. The van der Waals surface area contributed by atoms with Crippen molar-refractivity contribution in [3.05, 3.63) is 35.4 Å². The van der Waals surface area contributed by atoms with Crippen molar-refractivity contribution in [2.45, 2.75) is 44.2 Å². The van der Waals surface area contributed by atoms with E-state index in [4.69, 9.17) is 4.74 Å². The first-order chi connectivity index (χ1) is 11.3. The predicted molar refractivity (Wildman–Crippen MR) is 85.7 cm³/mol. The fourth-order valence-electron chi connectivity index (χ4n) is 4.87. The topological polar surface area (TPSA) is 62.1 Å². The fourth-order valence-corrected chi connectivity index (χ4v) is 4.87. The zero-order valence-corrected chi connectivity index (χ0v) is 13.2. The molecule has 1 aliphatic heterocycles. The van der Waals surface area contributed by atoms with Crippen LogP contribution in [-0.2, 0) is 4.74 Å². The van der Waals surface area contributed by atoms with E-state index >= 15 is 0 Å². The predicted octanol–water partition coefficient (Wildman–Crippen LogP) is 2.88. The zero-order valence-electron chi connectivity index (χ0n) is 13.2. The van der Waals surface area contributed by atoms with Crippen LogP contribution in [0.5, 0.6) is 0 Å². The van der Waals surface area contributed by atoms with Crippen molar-refractivity contribution in [2.75, 3.05) is 6.61 Å². The lowest BCUT2D eigenvalue weighted by atomic mass is 9.61. The van der Waals surface area contributed by atoms with Crippen molar-refractivity contribution >= 4 is 5.91 Å². The Balaban J connectivity index is 1.52. The second kappa shape index (κ2) is 5.98. The highest BCUT2D eigenvalue weighted by atomic mass is 16.5. The molecule has 4 rings (SSSR count). The van der Waals surface area contributed by atoms with Gasteiger partial charge in [-0.25, -0.2) is 0 Å². The van der Waals surface area contributed by atoms with Crippen molar-refractivity contribution < 1.29 is 9.53 Å². The van der Waals surface area contributed by atoms with E-state index in [0.29, 0.717) is 35.0 Å². The van der Waals surface area contributed by atoms with Crippen molar-refractivity contribution in [1.82, 2.24) is 5.32 Å². The number of nitrogens with one attached hydrogen (secondary N) is 1. The third-order valence-corrected chi connectivity index (χ3v) is 5.97. The average Bonchev–Trinajstić information content (AvgIpc) is 3.23. The Kier molecular flexibility index (Phi) is 3.82. The Morgan fingerprint density at radius 3 is 2.78 bits per heavy atom. The molecular formula is C19H22N2O2. The van der Waals surface area contributed by atoms with Gasteiger partial charge >= 0.3 is 0 Å². The smallest absolute Gasteiger partial charge is 0.252 e. The Morgan fingerprint density at radius 1 is 1.22 bits per heavy atom. The maximum absolute atomic E-state index is 12.7. The van der Waals surface area contributed by atoms with Gasteiger partial charge in [0.15, 0.2) is 0 Å². The minimum atomic E-state index is -0.111. The number of hydrogen-bond donors (Lipinski definition) is 1. The highest BCUT2D eigenvalue weighted by molar-refractivity contribution is 5.96. The molecule has 1 aromatic rings. The van der Waals surface area contributed by atoms with Gasteiger partial charge in [0.2, 0.25) is 0 Å². The lowest BCUT2D eigenvalue weighted by molar-refractivity contribution is -0.0784. The maximum Gasteiger partial charge on any atom is 0.252 e. The molecule has 3 aliphatic rings. The summed E-state index contributed by atoms with van der Waals surface area (Å²) in [6.45, 7) is 0.819. The van der Waals surface area contributed by atoms with E-state index in [1.807, 2.05) is 6.07 Å². The van der Waals surface area contributed by atoms with Crippen LogP contribution < -0.4 is 5.32 Å². The number of rotatable bonds is 3. The summed E-state index contributed by atoms with van der Waals surface area (Å²) in [5.74, 6) is 1.49. The molecule has 1 aromatic carbocycles. The minimum absolute atomic E-state index is 0.111. The van der Waals surface area contributed by atoms with Crippen LogP contribution in [0.25, 0.3) is 0 Å². The standard InChI is InChI=1S/C19H22N2O2/c20-11-13-7-3-4-8-14(13)19(22)21-17-15-9-10-23-18(15)16(17)12-5-1-2-6-12/h3-4,7-8,12,15-18H,1-2,5-6,9-10H2,(H,21,22)/t15-,16+,17+,18-/m1/s1. The van der Waals surface area contributed by atoms with Gasteiger partial charge in [0.1, 0.15) is 0 Å². The molecule has 2 saturated carbocycles. The van der Waals surface area contributed by atoms with E-state index in [-0.39, 0.29) is 11.9 Å². The number of ether oxygens (including phenoxy) is 1. The summed E-state index contributed by atoms with van der Waals surface area (Å²) in [6, 6.07) is 9.37. The van der Waals surface area contributed by atoms with Gasteiger partial charge in [-0.1, -0.05) is 37.8 Å². The summed E-state index contributed by atoms with van der Waals surface area (Å²) in [7, 11) is 0. The van der Waals surface area contributed by atoms with Crippen LogP contribution in [0.1, 0.15) is 48.0 Å². The molecule has 0 aromatic heterocycles. The van der Waals surface area contributed by atoms with Crippen molar-refractivity contribution in [2.24, 2.45) is 17.8 Å². The van der Waals surface area contributed by atoms with Gasteiger partial charge in [0.25, 0.3) is 5.91 Å². The van der Waals surface area contributed by atoms with Gasteiger partial charge in [0.05, 0.1) is 23.3 Å². The summed E-state index contributed by atoms with van der Waals surface area (Å²) in [5, 5.41) is 12.4. The number of fused-ring (bicyclic) bond motifs is 1. The second-order valence-corrected chi connectivity index (χ2v) is 7.07. The first-order valence-corrected chi connectivity index (χ1v) is 8.71. The second-order valence-electron chi connectivity index (χ2n) is 7.07. The number of nitriles is 1. The van der Waals surface area contributed by atoms with Crippen LogP contribution in [0.2, 0.25) is 0 Å². The number of carbonyl (C=O) groups is 1. The van der Waals surface area contributed by atoms with E-state index in [0.717, 1.165) is 13.0 Å². The number of carbonyl (C=O) groups excluding carboxylic acids is 1. The molecule has 120 valence electrons. The van der Waals surface area contributed by atoms with Gasteiger partial charge in [-0.15, -0.1) is 0 Å². The molecular weight excluding hydrogens is 288 g/mol. The summed E-state index contributed by atoms with van der Waals surface area (Å²) in [4.78, 5) is 12.7. The van der Waals surface area contributed by atoms with E-state index in [1.54, 1.807) is 18.2 Å². The molecule has 0 bridgehead atoms. The lowest BCUT2D eigenvalue weighted by Crippen LogP contribution is -2.63.